The van der Waals surface area contributed by atoms with Crippen LogP contribution in [0.2, 0.25) is 0 Å². The zero-order valence-electron chi connectivity index (χ0n) is 11.2. The van der Waals surface area contributed by atoms with Crippen molar-refractivity contribution in [1.82, 2.24) is 4.90 Å². The Morgan fingerprint density at radius 3 is 2.84 bits per heavy atom. The Morgan fingerprint density at radius 1 is 1.47 bits per heavy atom. The van der Waals surface area contributed by atoms with Gasteiger partial charge in [0.25, 0.3) is 0 Å². The molecule has 0 bridgehead atoms. The predicted molar refractivity (Wildman–Crippen MR) is 73.2 cm³/mol. The molecule has 0 aliphatic carbocycles. The quantitative estimate of drug-likeness (QED) is 0.363. The summed E-state index contributed by atoms with van der Waals surface area (Å²) < 4.78 is 13.4. The summed E-state index contributed by atoms with van der Waals surface area (Å²) in [7, 11) is 2.07. The van der Waals surface area contributed by atoms with Crippen LogP contribution in [-0.2, 0) is 0 Å². The maximum absolute atomic E-state index is 13.4. The first-order valence-corrected chi connectivity index (χ1v) is 6.25. The monoisotopic (exact) mass is 266 g/mol. The van der Waals surface area contributed by atoms with Crippen molar-refractivity contribution >= 4 is 11.5 Å². The summed E-state index contributed by atoms with van der Waals surface area (Å²) in [5.74, 6) is -0.465. The van der Waals surface area contributed by atoms with Crippen LogP contribution in [0.25, 0.3) is 0 Å². The van der Waals surface area contributed by atoms with E-state index in [1.807, 2.05) is 0 Å². The molecule has 5 nitrogen and oxygen atoms in total. The van der Waals surface area contributed by atoms with Gasteiger partial charge in [-0.1, -0.05) is 5.16 Å². The second-order valence-electron chi connectivity index (χ2n) is 4.95. The summed E-state index contributed by atoms with van der Waals surface area (Å²) in [4.78, 5) is 4.40. The third-order valence-corrected chi connectivity index (χ3v) is 3.48. The average molecular weight is 266 g/mol. The molecule has 19 heavy (non-hydrogen) atoms. The Balaban J connectivity index is 2.39. The van der Waals surface area contributed by atoms with Gasteiger partial charge in [0.1, 0.15) is 5.82 Å². The van der Waals surface area contributed by atoms with Crippen LogP contribution < -0.4 is 10.6 Å². The number of likely N-dealkylation sites (N-methyl/N-ethyl adjacent to an activating group) is 1. The zero-order chi connectivity index (χ0) is 14.0. The second-order valence-corrected chi connectivity index (χ2v) is 4.95. The summed E-state index contributed by atoms with van der Waals surface area (Å²) in [6, 6.07) is 4.67. The first-order chi connectivity index (χ1) is 9.02. The number of halogens is 1. The highest BCUT2D eigenvalue weighted by molar-refractivity contribution is 6.02. The minimum absolute atomic E-state index is 0.0689. The van der Waals surface area contributed by atoms with Crippen molar-refractivity contribution in [1.29, 1.82) is 0 Å². The number of anilines is 1. The first-order valence-electron chi connectivity index (χ1n) is 6.25. The molecule has 0 spiro atoms. The molecule has 1 unspecified atom stereocenters. The lowest BCUT2D eigenvalue weighted by Crippen LogP contribution is -2.51. The van der Waals surface area contributed by atoms with Crippen molar-refractivity contribution in [3.05, 3.63) is 29.6 Å². The minimum atomic E-state index is -0.396. The van der Waals surface area contributed by atoms with Crippen molar-refractivity contribution in [2.75, 3.05) is 31.6 Å². The fourth-order valence-electron chi connectivity index (χ4n) is 2.52. The fourth-order valence-corrected chi connectivity index (χ4v) is 2.52. The molecular weight excluding hydrogens is 247 g/mol. The van der Waals surface area contributed by atoms with Crippen LogP contribution in [0.4, 0.5) is 10.1 Å². The molecule has 0 aromatic heterocycles. The molecule has 1 saturated heterocycles. The van der Waals surface area contributed by atoms with Gasteiger partial charge in [-0.2, -0.15) is 0 Å². The van der Waals surface area contributed by atoms with Gasteiger partial charge in [0.05, 0.1) is 0 Å². The van der Waals surface area contributed by atoms with Crippen molar-refractivity contribution < 1.29 is 9.60 Å². The molecule has 3 N–H and O–H groups in total. The second kappa shape index (κ2) is 5.44. The highest BCUT2D eigenvalue weighted by Crippen LogP contribution is 2.25. The topological polar surface area (TPSA) is 65.1 Å². The molecule has 1 heterocycles. The lowest BCUT2D eigenvalue weighted by molar-refractivity contribution is 0.275. The van der Waals surface area contributed by atoms with Crippen LogP contribution in [-0.4, -0.2) is 48.7 Å². The van der Waals surface area contributed by atoms with E-state index in [0.29, 0.717) is 5.56 Å². The number of nitrogens with zero attached hydrogens (tertiary/aromatic N) is 3. The van der Waals surface area contributed by atoms with Crippen LogP contribution in [0, 0.1) is 5.82 Å². The Bertz CT molecular complexity index is 492. The van der Waals surface area contributed by atoms with Gasteiger partial charge in [0, 0.05) is 36.9 Å². The van der Waals surface area contributed by atoms with Gasteiger partial charge in [-0.3, -0.25) is 0 Å². The number of nitrogens with two attached hydrogens (primary N) is 1. The minimum Gasteiger partial charge on any atom is -0.409 e. The van der Waals surface area contributed by atoms with Gasteiger partial charge < -0.3 is 20.7 Å². The third kappa shape index (κ3) is 2.78. The average Bonchev–Trinajstić information content (AvgIpc) is 2.38. The summed E-state index contributed by atoms with van der Waals surface area (Å²) >= 11 is 0. The molecule has 1 atom stereocenters. The molecular formula is C13H19FN4O. The maximum atomic E-state index is 13.4. The van der Waals surface area contributed by atoms with E-state index >= 15 is 0 Å². The molecule has 0 radical (unpaired) electrons. The molecule has 0 saturated carbocycles. The number of hydrogen-bond acceptors (Lipinski definition) is 4. The number of benzene rings is 1. The standard InChI is InChI=1S/C13H19FN4O/c1-9-8-17(2)5-6-18(9)12-4-3-10(14)7-11(12)13(15)16-19/h3-4,7,9,19H,5-6,8H2,1-2H3,(H2,15,16). The zero-order valence-corrected chi connectivity index (χ0v) is 11.2. The highest BCUT2D eigenvalue weighted by atomic mass is 19.1. The van der Waals surface area contributed by atoms with Gasteiger partial charge in [-0.05, 0) is 32.2 Å². The number of hydrogen-bond donors (Lipinski definition) is 2. The Morgan fingerprint density at radius 2 is 2.21 bits per heavy atom. The van der Waals surface area contributed by atoms with E-state index in [-0.39, 0.29) is 11.9 Å². The molecule has 1 aromatic rings. The summed E-state index contributed by atoms with van der Waals surface area (Å²) in [6.45, 7) is 4.79. The van der Waals surface area contributed by atoms with Crippen molar-refractivity contribution in [3.63, 3.8) is 0 Å². The molecule has 6 heteroatoms. The van der Waals surface area contributed by atoms with E-state index < -0.39 is 5.82 Å². The number of oxime groups is 1. The molecule has 2 rings (SSSR count). The smallest absolute Gasteiger partial charge is 0.172 e. The van der Waals surface area contributed by atoms with Crippen molar-refractivity contribution in [3.8, 4) is 0 Å². The maximum Gasteiger partial charge on any atom is 0.172 e. The van der Waals surface area contributed by atoms with E-state index in [9.17, 15) is 4.39 Å². The van der Waals surface area contributed by atoms with Crippen LogP contribution in [0.15, 0.2) is 23.4 Å². The van der Waals surface area contributed by atoms with E-state index in [1.165, 1.54) is 12.1 Å². The van der Waals surface area contributed by atoms with Gasteiger partial charge in [0.2, 0.25) is 0 Å². The summed E-state index contributed by atoms with van der Waals surface area (Å²) in [5.41, 5.74) is 6.87. The number of piperazine rings is 1. The summed E-state index contributed by atoms with van der Waals surface area (Å²) in [5, 5.41) is 11.8. The van der Waals surface area contributed by atoms with E-state index in [2.05, 4.69) is 28.9 Å². The normalized spacial score (nSPS) is 21.7. The SMILES string of the molecule is CC1CN(C)CCN1c1ccc(F)cc1/C(N)=N/O. The van der Waals surface area contributed by atoms with Gasteiger partial charge in [-0.25, -0.2) is 4.39 Å². The van der Waals surface area contributed by atoms with Gasteiger partial charge >= 0.3 is 0 Å². The van der Waals surface area contributed by atoms with Crippen molar-refractivity contribution in [2.24, 2.45) is 10.9 Å². The predicted octanol–water partition coefficient (Wildman–Crippen LogP) is 1.06. The lowest BCUT2D eigenvalue weighted by atomic mass is 10.1. The van der Waals surface area contributed by atoms with Crippen LogP contribution in [0.5, 0.6) is 0 Å². The molecule has 1 aliphatic rings. The number of rotatable bonds is 2. The molecule has 0 amide bonds. The Kier molecular flexibility index (Phi) is 3.90. The lowest BCUT2D eigenvalue weighted by Gasteiger charge is -2.40. The van der Waals surface area contributed by atoms with Crippen molar-refractivity contribution in [2.45, 2.75) is 13.0 Å². The van der Waals surface area contributed by atoms with Gasteiger partial charge in [0.15, 0.2) is 5.84 Å². The molecule has 1 fully saturated rings. The van der Waals surface area contributed by atoms with E-state index in [0.717, 1.165) is 25.3 Å². The van der Waals surface area contributed by atoms with E-state index in [1.54, 1.807) is 6.07 Å². The highest BCUT2D eigenvalue weighted by Gasteiger charge is 2.24. The molecule has 1 aliphatic heterocycles. The van der Waals surface area contributed by atoms with Crippen LogP contribution in [0.1, 0.15) is 12.5 Å². The first kappa shape index (κ1) is 13.6. The number of amidine groups is 1. The summed E-state index contributed by atoms with van der Waals surface area (Å²) in [6.07, 6.45) is 0. The Labute approximate surface area is 112 Å². The molecule has 104 valence electrons. The Hall–Kier alpha value is -1.82. The van der Waals surface area contributed by atoms with E-state index in [4.69, 9.17) is 10.9 Å². The largest absolute Gasteiger partial charge is 0.409 e. The molecule has 1 aromatic carbocycles. The van der Waals surface area contributed by atoms with Crippen LogP contribution in [0.3, 0.4) is 0 Å². The third-order valence-electron chi connectivity index (χ3n) is 3.48. The fraction of sp³-hybridized carbons (Fsp3) is 0.462. The van der Waals surface area contributed by atoms with Crippen LogP contribution >= 0.6 is 0 Å². The van der Waals surface area contributed by atoms with Gasteiger partial charge in [-0.15, -0.1) is 0 Å².